The van der Waals surface area contributed by atoms with Crippen LogP contribution in [0.4, 0.5) is 0 Å². The average molecular weight is 209 g/mol. The summed E-state index contributed by atoms with van der Waals surface area (Å²) in [7, 11) is -1.48. The van der Waals surface area contributed by atoms with E-state index in [1.807, 2.05) is 0 Å². The lowest BCUT2D eigenvalue weighted by Gasteiger charge is -1.92. The first-order valence-electron chi connectivity index (χ1n) is 3.99. The lowest BCUT2D eigenvalue weighted by Crippen LogP contribution is -2.30. The second-order valence-corrected chi connectivity index (χ2v) is 3.69. The maximum atomic E-state index is 9.01. The molecule has 2 N–H and O–H groups in total. The Hall–Kier alpha value is -1.18. The number of hydrogen-bond acceptors (Lipinski definition) is 5. The summed E-state index contributed by atoms with van der Waals surface area (Å²) >= 11 is 1.44. The molecule has 0 radical (unpaired) electrons. The van der Waals surface area contributed by atoms with Crippen molar-refractivity contribution in [1.29, 1.82) is 0 Å². The molecule has 2 rings (SSSR count). The van der Waals surface area contributed by atoms with E-state index < -0.39 is 7.12 Å². The largest absolute Gasteiger partial charge is 0.491 e. The highest BCUT2D eigenvalue weighted by Crippen LogP contribution is 2.10. The molecule has 5 nitrogen and oxygen atoms in total. The summed E-state index contributed by atoms with van der Waals surface area (Å²) in [5.74, 6) is 0. The van der Waals surface area contributed by atoms with E-state index in [4.69, 9.17) is 10.0 Å². The Morgan fingerprint density at radius 3 is 2.79 bits per heavy atom. The van der Waals surface area contributed by atoms with Gasteiger partial charge in [0.05, 0.1) is 17.4 Å². The molecule has 0 spiro atoms. The van der Waals surface area contributed by atoms with Gasteiger partial charge in [-0.25, -0.2) is 4.68 Å². The lowest BCUT2D eigenvalue weighted by molar-refractivity contribution is 0.425. The molecule has 2 aromatic rings. The van der Waals surface area contributed by atoms with Crippen LogP contribution in [0, 0.1) is 6.92 Å². The summed E-state index contributed by atoms with van der Waals surface area (Å²) in [4.78, 5) is 3.92. The first kappa shape index (κ1) is 9.38. The predicted octanol–water partition coefficient (Wildman–Crippen LogP) is -0.683. The van der Waals surface area contributed by atoms with Gasteiger partial charge in [-0.3, -0.25) is 4.98 Å². The molecular weight excluding hydrogens is 201 g/mol. The van der Waals surface area contributed by atoms with Crippen LogP contribution in [0.25, 0.3) is 5.00 Å². The van der Waals surface area contributed by atoms with E-state index in [1.165, 1.54) is 11.3 Å². The lowest BCUT2D eigenvalue weighted by atomic mass is 9.81. The molecule has 2 aromatic heterocycles. The van der Waals surface area contributed by atoms with E-state index in [0.29, 0.717) is 11.2 Å². The first-order valence-corrected chi connectivity index (χ1v) is 4.87. The van der Waals surface area contributed by atoms with Crippen LogP contribution in [0.3, 0.4) is 0 Å². The second-order valence-electron chi connectivity index (χ2n) is 2.83. The van der Waals surface area contributed by atoms with E-state index in [2.05, 4.69) is 10.1 Å². The van der Waals surface area contributed by atoms with Gasteiger partial charge in [0.1, 0.15) is 5.00 Å². The van der Waals surface area contributed by atoms with Gasteiger partial charge in [0.15, 0.2) is 0 Å². The molecule has 7 heteroatoms. The Morgan fingerprint density at radius 1 is 1.50 bits per heavy atom. The van der Waals surface area contributed by atoms with Gasteiger partial charge in [0.25, 0.3) is 0 Å². The minimum Gasteiger partial charge on any atom is -0.423 e. The van der Waals surface area contributed by atoms with Crippen molar-refractivity contribution in [2.24, 2.45) is 0 Å². The third-order valence-electron chi connectivity index (χ3n) is 1.86. The highest BCUT2D eigenvalue weighted by molar-refractivity contribution is 7.12. The Labute approximate surface area is 84.8 Å². The molecule has 72 valence electrons. The van der Waals surface area contributed by atoms with Gasteiger partial charge in [-0.2, -0.15) is 5.10 Å². The van der Waals surface area contributed by atoms with Crippen LogP contribution in [0.5, 0.6) is 0 Å². The topological polar surface area (TPSA) is 71.2 Å². The van der Waals surface area contributed by atoms with Crippen molar-refractivity contribution in [3.8, 4) is 5.00 Å². The third kappa shape index (κ3) is 1.57. The summed E-state index contributed by atoms with van der Waals surface area (Å²) < 4.78 is 1.59. The van der Waals surface area contributed by atoms with Gasteiger partial charge in [-0.15, -0.1) is 11.3 Å². The fourth-order valence-corrected chi connectivity index (χ4v) is 1.71. The van der Waals surface area contributed by atoms with Crippen LogP contribution in [-0.4, -0.2) is 31.9 Å². The molecule has 0 saturated carbocycles. The number of aromatic nitrogens is 3. The van der Waals surface area contributed by atoms with Crippen LogP contribution in [0.15, 0.2) is 17.9 Å². The fourth-order valence-electron chi connectivity index (χ4n) is 1.16. The standard InChI is InChI=1S/C7H8BN3O2S/c1-5-6(8(12)13)3-11(10-5)7-2-9-4-14-7/h2-4,12-13H,1H3. The zero-order valence-corrected chi connectivity index (χ0v) is 8.27. The Balaban J connectivity index is 2.43. The van der Waals surface area contributed by atoms with E-state index in [0.717, 1.165) is 5.00 Å². The number of hydrogen-bond donors (Lipinski definition) is 2. The SMILES string of the molecule is Cc1nn(-c2cncs2)cc1B(O)O. The maximum Gasteiger partial charge on any atom is 0.491 e. The summed E-state index contributed by atoms with van der Waals surface area (Å²) in [5, 5.41) is 23.0. The van der Waals surface area contributed by atoms with Crippen molar-refractivity contribution in [1.82, 2.24) is 14.8 Å². The van der Waals surface area contributed by atoms with E-state index in [-0.39, 0.29) is 0 Å². The minimum atomic E-state index is -1.48. The van der Waals surface area contributed by atoms with Crippen molar-refractivity contribution in [2.75, 3.05) is 0 Å². The summed E-state index contributed by atoms with van der Waals surface area (Å²) in [6.07, 6.45) is 3.26. The predicted molar refractivity (Wildman–Crippen MR) is 53.8 cm³/mol. The van der Waals surface area contributed by atoms with Crippen LogP contribution in [0.1, 0.15) is 5.69 Å². The monoisotopic (exact) mass is 209 g/mol. The number of rotatable bonds is 2. The number of thiazole rings is 1. The number of nitrogens with zero attached hydrogens (tertiary/aromatic N) is 3. The second kappa shape index (κ2) is 3.53. The molecule has 0 aliphatic rings. The first-order chi connectivity index (χ1) is 6.68. The van der Waals surface area contributed by atoms with Crippen molar-refractivity contribution in [3.05, 3.63) is 23.6 Å². The number of aryl methyl sites for hydroxylation is 1. The van der Waals surface area contributed by atoms with E-state index >= 15 is 0 Å². The Morgan fingerprint density at radius 2 is 2.29 bits per heavy atom. The molecule has 2 heterocycles. The molecule has 0 saturated heterocycles. The van der Waals surface area contributed by atoms with Crippen LogP contribution in [-0.2, 0) is 0 Å². The van der Waals surface area contributed by atoms with Gasteiger partial charge >= 0.3 is 7.12 Å². The zero-order chi connectivity index (χ0) is 10.1. The summed E-state index contributed by atoms with van der Waals surface area (Å²) in [6.45, 7) is 1.73. The molecule has 0 aliphatic carbocycles. The highest BCUT2D eigenvalue weighted by atomic mass is 32.1. The van der Waals surface area contributed by atoms with Crippen LogP contribution >= 0.6 is 11.3 Å². The molecule has 0 atom stereocenters. The van der Waals surface area contributed by atoms with Crippen molar-refractivity contribution in [3.63, 3.8) is 0 Å². The van der Waals surface area contributed by atoms with Gasteiger partial charge in [-0.1, -0.05) is 0 Å². The fraction of sp³-hybridized carbons (Fsp3) is 0.143. The van der Waals surface area contributed by atoms with Crippen molar-refractivity contribution >= 4 is 23.9 Å². The normalized spacial score (nSPS) is 10.5. The van der Waals surface area contributed by atoms with Crippen LogP contribution in [0.2, 0.25) is 0 Å². The molecule has 0 fully saturated rings. The summed E-state index contributed by atoms with van der Waals surface area (Å²) in [6, 6.07) is 0. The van der Waals surface area contributed by atoms with Gasteiger partial charge in [0, 0.05) is 11.7 Å². The van der Waals surface area contributed by atoms with E-state index in [1.54, 1.807) is 29.5 Å². The summed E-state index contributed by atoms with van der Waals surface area (Å²) in [5.41, 5.74) is 2.72. The Kier molecular flexibility index (Phi) is 2.36. The molecule has 0 aliphatic heterocycles. The highest BCUT2D eigenvalue weighted by Gasteiger charge is 2.18. The third-order valence-corrected chi connectivity index (χ3v) is 2.62. The molecule has 0 bridgehead atoms. The van der Waals surface area contributed by atoms with Gasteiger partial charge in [-0.05, 0) is 6.92 Å². The van der Waals surface area contributed by atoms with Crippen molar-refractivity contribution in [2.45, 2.75) is 6.92 Å². The average Bonchev–Trinajstić information content (AvgIpc) is 2.70. The minimum absolute atomic E-state index is 0.415. The molecular formula is C7H8BN3O2S. The smallest absolute Gasteiger partial charge is 0.423 e. The van der Waals surface area contributed by atoms with Crippen molar-refractivity contribution < 1.29 is 10.0 Å². The zero-order valence-electron chi connectivity index (χ0n) is 7.45. The van der Waals surface area contributed by atoms with Gasteiger partial charge in [0.2, 0.25) is 0 Å². The molecule has 14 heavy (non-hydrogen) atoms. The maximum absolute atomic E-state index is 9.01. The van der Waals surface area contributed by atoms with Crippen LogP contribution < -0.4 is 5.46 Å². The quantitative estimate of drug-likeness (QED) is 0.642. The molecule has 0 aromatic carbocycles. The van der Waals surface area contributed by atoms with E-state index in [9.17, 15) is 0 Å². The molecule has 0 amide bonds. The Bertz CT molecular complexity index is 426. The van der Waals surface area contributed by atoms with Gasteiger partial charge < -0.3 is 10.0 Å². The molecule has 0 unspecified atom stereocenters.